The predicted molar refractivity (Wildman–Crippen MR) is 105 cm³/mol. The summed E-state index contributed by atoms with van der Waals surface area (Å²) in [5.41, 5.74) is 1.46. The summed E-state index contributed by atoms with van der Waals surface area (Å²) >= 11 is 13.3. The SMILES string of the molecule is Oc1c(Br)cc(N(c2cc(Br)c(O)c(Br)c2)n2cnnc2)cc1Br. The molecule has 0 atom stereocenters. The van der Waals surface area contributed by atoms with Gasteiger partial charge in [-0.05, 0) is 88.0 Å². The zero-order chi connectivity index (χ0) is 17.4. The molecule has 0 saturated heterocycles. The molecule has 0 amide bonds. The minimum absolute atomic E-state index is 0.107. The molecule has 24 heavy (non-hydrogen) atoms. The Bertz CT molecular complexity index is 798. The van der Waals surface area contributed by atoms with Gasteiger partial charge in [-0.25, -0.2) is 9.69 Å². The van der Waals surface area contributed by atoms with E-state index in [-0.39, 0.29) is 11.5 Å². The molecule has 124 valence electrons. The van der Waals surface area contributed by atoms with E-state index >= 15 is 0 Å². The van der Waals surface area contributed by atoms with Crippen molar-refractivity contribution in [3.63, 3.8) is 0 Å². The van der Waals surface area contributed by atoms with Crippen LogP contribution in [-0.2, 0) is 0 Å². The van der Waals surface area contributed by atoms with E-state index in [4.69, 9.17) is 0 Å². The third-order valence-electron chi connectivity index (χ3n) is 3.13. The van der Waals surface area contributed by atoms with Gasteiger partial charge in [-0.3, -0.25) is 0 Å². The summed E-state index contributed by atoms with van der Waals surface area (Å²) in [6.07, 6.45) is 3.09. The maximum atomic E-state index is 9.95. The molecule has 3 aromatic rings. The lowest BCUT2D eigenvalue weighted by Gasteiger charge is -2.26. The predicted octanol–water partition coefficient (Wildman–Crippen LogP) is 5.34. The molecular weight excluding hydrogens is 576 g/mol. The topological polar surface area (TPSA) is 74.4 Å². The van der Waals surface area contributed by atoms with Crippen LogP contribution in [0.2, 0.25) is 0 Å². The number of halogens is 4. The van der Waals surface area contributed by atoms with Crippen molar-refractivity contribution in [2.75, 3.05) is 5.01 Å². The van der Waals surface area contributed by atoms with E-state index in [0.717, 1.165) is 11.4 Å². The van der Waals surface area contributed by atoms with Gasteiger partial charge in [0.05, 0.1) is 29.3 Å². The first-order valence-electron chi connectivity index (χ1n) is 6.39. The maximum Gasteiger partial charge on any atom is 0.144 e. The fourth-order valence-corrected chi connectivity index (χ4v) is 4.39. The summed E-state index contributed by atoms with van der Waals surface area (Å²) in [6.45, 7) is 0. The summed E-state index contributed by atoms with van der Waals surface area (Å²) in [5.74, 6) is 0.214. The molecule has 0 radical (unpaired) electrons. The molecule has 0 bridgehead atoms. The van der Waals surface area contributed by atoms with Crippen LogP contribution >= 0.6 is 63.7 Å². The van der Waals surface area contributed by atoms with Gasteiger partial charge in [-0.1, -0.05) is 0 Å². The van der Waals surface area contributed by atoms with Crippen LogP contribution in [0.1, 0.15) is 0 Å². The van der Waals surface area contributed by atoms with Crippen LogP contribution in [0.5, 0.6) is 11.5 Å². The lowest BCUT2D eigenvalue weighted by molar-refractivity contribution is 0.468. The fourth-order valence-electron chi connectivity index (χ4n) is 2.06. The third kappa shape index (κ3) is 3.32. The molecule has 0 spiro atoms. The van der Waals surface area contributed by atoms with Crippen molar-refractivity contribution in [2.45, 2.75) is 0 Å². The van der Waals surface area contributed by atoms with Crippen LogP contribution in [0.15, 0.2) is 54.8 Å². The van der Waals surface area contributed by atoms with Gasteiger partial charge >= 0.3 is 0 Å². The van der Waals surface area contributed by atoms with Crippen LogP contribution in [0, 0.1) is 0 Å². The number of aromatic nitrogens is 3. The molecule has 10 heteroatoms. The van der Waals surface area contributed by atoms with Gasteiger partial charge in [-0.2, -0.15) is 0 Å². The van der Waals surface area contributed by atoms with Gasteiger partial charge in [0.1, 0.15) is 24.2 Å². The van der Waals surface area contributed by atoms with E-state index in [1.807, 2.05) is 5.01 Å². The zero-order valence-electron chi connectivity index (χ0n) is 11.7. The van der Waals surface area contributed by atoms with Crippen molar-refractivity contribution in [3.05, 3.63) is 54.8 Å². The van der Waals surface area contributed by atoms with Crippen molar-refractivity contribution in [2.24, 2.45) is 0 Å². The number of rotatable bonds is 3. The van der Waals surface area contributed by atoms with E-state index in [0.29, 0.717) is 17.9 Å². The molecule has 6 nitrogen and oxygen atoms in total. The van der Waals surface area contributed by atoms with E-state index in [1.54, 1.807) is 41.6 Å². The Kier molecular flexibility index (Phi) is 5.19. The first-order valence-corrected chi connectivity index (χ1v) is 9.56. The number of nitrogens with zero attached hydrogens (tertiary/aromatic N) is 4. The maximum absolute atomic E-state index is 9.95. The standard InChI is InChI=1S/C14H8Br4N4O2/c15-9-1-7(2-10(16)13(9)23)22(21-5-19-20-6-21)8-3-11(17)14(24)12(18)4-8/h1-6,23-24H. The molecule has 0 aliphatic carbocycles. The van der Waals surface area contributed by atoms with Crippen molar-refractivity contribution in [1.82, 2.24) is 14.9 Å². The van der Waals surface area contributed by atoms with Gasteiger partial charge < -0.3 is 10.2 Å². The highest BCUT2D eigenvalue weighted by Gasteiger charge is 2.18. The normalized spacial score (nSPS) is 10.8. The summed E-state index contributed by atoms with van der Waals surface area (Å²) in [5, 5.41) is 29.4. The first-order chi connectivity index (χ1) is 11.4. The average Bonchev–Trinajstić information content (AvgIpc) is 3.04. The number of phenols is 2. The second-order valence-corrected chi connectivity index (χ2v) is 8.09. The highest BCUT2D eigenvalue weighted by Crippen LogP contribution is 2.42. The Balaban J connectivity index is 2.23. The summed E-state index contributed by atoms with van der Waals surface area (Å²) in [7, 11) is 0. The van der Waals surface area contributed by atoms with E-state index in [1.165, 1.54) is 0 Å². The van der Waals surface area contributed by atoms with Crippen molar-refractivity contribution >= 4 is 75.1 Å². The summed E-state index contributed by atoms with van der Waals surface area (Å²) < 4.78 is 3.80. The molecule has 0 aliphatic heterocycles. The fraction of sp³-hybridized carbons (Fsp3) is 0. The van der Waals surface area contributed by atoms with Gasteiger partial charge in [0.2, 0.25) is 0 Å². The summed E-state index contributed by atoms with van der Waals surface area (Å²) in [4.78, 5) is 0. The first kappa shape index (κ1) is 17.7. The number of anilines is 2. The van der Waals surface area contributed by atoms with Crippen molar-refractivity contribution < 1.29 is 10.2 Å². The van der Waals surface area contributed by atoms with E-state index in [2.05, 4.69) is 73.9 Å². The minimum atomic E-state index is 0.107. The Morgan fingerprint density at radius 2 is 1.04 bits per heavy atom. The number of aromatic hydroxyl groups is 2. The molecule has 1 aromatic heterocycles. The number of phenolic OH excluding ortho intramolecular Hbond substituents is 2. The monoisotopic (exact) mass is 580 g/mol. The second kappa shape index (κ2) is 7.03. The van der Waals surface area contributed by atoms with Crippen LogP contribution in [0.25, 0.3) is 0 Å². The van der Waals surface area contributed by atoms with Gasteiger partial charge in [0.25, 0.3) is 0 Å². The largest absolute Gasteiger partial charge is 0.506 e. The molecule has 0 fully saturated rings. The molecular formula is C14H8Br4N4O2. The lowest BCUT2D eigenvalue weighted by Crippen LogP contribution is -2.23. The minimum Gasteiger partial charge on any atom is -0.506 e. The third-order valence-corrected chi connectivity index (χ3v) is 5.55. The average molecular weight is 584 g/mol. The van der Waals surface area contributed by atoms with Gasteiger partial charge in [0.15, 0.2) is 0 Å². The van der Waals surface area contributed by atoms with Crippen molar-refractivity contribution in [1.29, 1.82) is 0 Å². The van der Waals surface area contributed by atoms with Gasteiger partial charge in [0, 0.05) is 0 Å². The molecule has 2 N–H and O–H groups in total. The number of hydrogen-bond donors (Lipinski definition) is 2. The molecule has 0 saturated carbocycles. The molecule has 2 aromatic carbocycles. The zero-order valence-corrected chi connectivity index (χ0v) is 18.0. The van der Waals surface area contributed by atoms with Crippen LogP contribution in [0.3, 0.4) is 0 Å². The van der Waals surface area contributed by atoms with Crippen molar-refractivity contribution in [3.8, 4) is 11.5 Å². The van der Waals surface area contributed by atoms with Crippen LogP contribution in [0.4, 0.5) is 11.4 Å². The van der Waals surface area contributed by atoms with Gasteiger partial charge in [-0.15, -0.1) is 10.2 Å². The Labute approximate surface area is 170 Å². The molecule has 0 aliphatic rings. The number of hydrogen-bond acceptors (Lipinski definition) is 5. The summed E-state index contributed by atoms with van der Waals surface area (Å²) in [6, 6.07) is 7.03. The van der Waals surface area contributed by atoms with Crippen LogP contribution in [-0.4, -0.2) is 25.1 Å². The molecule has 0 unspecified atom stereocenters. The Hall–Kier alpha value is -1.10. The quantitative estimate of drug-likeness (QED) is 0.436. The lowest BCUT2D eigenvalue weighted by atomic mass is 10.2. The highest BCUT2D eigenvalue weighted by atomic mass is 79.9. The molecule has 3 rings (SSSR count). The van der Waals surface area contributed by atoms with Crippen LogP contribution < -0.4 is 5.01 Å². The highest BCUT2D eigenvalue weighted by molar-refractivity contribution is 9.11. The van der Waals surface area contributed by atoms with E-state index in [9.17, 15) is 10.2 Å². The van der Waals surface area contributed by atoms with E-state index < -0.39 is 0 Å². The second-order valence-electron chi connectivity index (χ2n) is 4.67. The number of benzene rings is 2. The smallest absolute Gasteiger partial charge is 0.144 e. The molecule has 1 heterocycles. The Morgan fingerprint density at radius 3 is 1.38 bits per heavy atom. The Morgan fingerprint density at radius 1 is 0.708 bits per heavy atom.